The van der Waals surface area contributed by atoms with Crippen molar-refractivity contribution in [3.8, 4) is 5.75 Å². The summed E-state index contributed by atoms with van der Waals surface area (Å²) in [6.07, 6.45) is 0. The summed E-state index contributed by atoms with van der Waals surface area (Å²) in [5, 5.41) is 2.77. The lowest BCUT2D eigenvalue weighted by atomic mass is 10.2. The summed E-state index contributed by atoms with van der Waals surface area (Å²) in [7, 11) is 1.54. The fourth-order valence-electron chi connectivity index (χ4n) is 1.08. The van der Waals surface area contributed by atoms with Crippen LogP contribution in [0.2, 0.25) is 0 Å². The van der Waals surface area contributed by atoms with Gasteiger partial charge in [-0.3, -0.25) is 4.79 Å². The minimum absolute atomic E-state index is 0.0261. The Hall–Kier alpha value is -1.71. The van der Waals surface area contributed by atoms with Crippen LogP contribution in [-0.4, -0.2) is 13.0 Å². The lowest BCUT2D eigenvalue weighted by Gasteiger charge is -2.10. The average molecular weight is 208 g/mol. The number of carbonyl (C=O) groups excluding carboxylic acids is 1. The number of benzene rings is 1. The molecule has 0 aliphatic carbocycles. The van der Waals surface area contributed by atoms with Crippen molar-refractivity contribution >= 4 is 17.3 Å². The number of nitrogens with one attached hydrogen (secondary N) is 1. The van der Waals surface area contributed by atoms with Gasteiger partial charge in [0.05, 0.1) is 12.8 Å². The third-order valence-corrected chi connectivity index (χ3v) is 2.03. The van der Waals surface area contributed by atoms with E-state index in [-0.39, 0.29) is 11.8 Å². The molecule has 82 valence electrons. The van der Waals surface area contributed by atoms with Gasteiger partial charge in [0.25, 0.3) is 0 Å². The van der Waals surface area contributed by atoms with E-state index in [4.69, 9.17) is 10.5 Å². The van der Waals surface area contributed by atoms with Crippen LogP contribution in [0.1, 0.15) is 13.8 Å². The van der Waals surface area contributed by atoms with Crippen LogP contribution in [0.3, 0.4) is 0 Å². The van der Waals surface area contributed by atoms with E-state index < -0.39 is 0 Å². The first-order valence-electron chi connectivity index (χ1n) is 4.79. The number of methoxy groups -OCH3 is 1. The minimum Gasteiger partial charge on any atom is -0.495 e. The molecule has 0 heterocycles. The van der Waals surface area contributed by atoms with E-state index in [1.165, 1.54) is 0 Å². The van der Waals surface area contributed by atoms with Crippen LogP contribution in [-0.2, 0) is 4.79 Å². The van der Waals surface area contributed by atoms with E-state index in [0.29, 0.717) is 17.1 Å². The number of carbonyl (C=O) groups is 1. The van der Waals surface area contributed by atoms with Gasteiger partial charge in [-0.15, -0.1) is 0 Å². The molecule has 1 aromatic carbocycles. The summed E-state index contributed by atoms with van der Waals surface area (Å²) in [6, 6.07) is 5.16. The number of rotatable bonds is 3. The van der Waals surface area contributed by atoms with Crippen molar-refractivity contribution in [1.82, 2.24) is 0 Å². The Morgan fingerprint density at radius 1 is 1.47 bits per heavy atom. The molecule has 0 fully saturated rings. The Kier molecular flexibility index (Phi) is 3.55. The monoisotopic (exact) mass is 208 g/mol. The zero-order chi connectivity index (χ0) is 11.4. The Bertz CT molecular complexity index is 362. The molecule has 0 aliphatic heterocycles. The molecule has 0 radical (unpaired) electrons. The lowest BCUT2D eigenvalue weighted by molar-refractivity contribution is -0.118. The zero-order valence-electron chi connectivity index (χ0n) is 9.20. The van der Waals surface area contributed by atoms with Crippen molar-refractivity contribution in [2.24, 2.45) is 5.92 Å². The van der Waals surface area contributed by atoms with E-state index in [0.717, 1.165) is 0 Å². The normalized spacial score (nSPS) is 10.1. The van der Waals surface area contributed by atoms with Crippen LogP contribution in [0.5, 0.6) is 5.75 Å². The number of nitrogen functional groups attached to an aromatic ring is 1. The van der Waals surface area contributed by atoms with E-state index in [1.54, 1.807) is 25.3 Å². The van der Waals surface area contributed by atoms with Crippen LogP contribution in [0.4, 0.5) is 11.4 Å². The fourth-order valence-corrected chi connectivity index (χ4v) is 1.08. The second kappa shape index (κ2) is 4.68. The molecule has 1 aromatic rings. The van der Waals surface area contributed by atoms with Crippen molar-refractivity contribution in [3.05, 3.63) is 18.2 Å². The molecule has 1 rings (SSSR count). The van der Waals surface area contributed by atoms with Crippen molar-refractivity contribution < 1.29 is 9.53 Å². The van der Waals surface area contributed by atoms with Gasteiger partial charge >= 0.3 is 0 Å². The molecule has 4 heteroatoms. The first kappa shape index (κ1) is 11.4. The number of hydrogen-bond acceptors (Lipinski definition) is 3. The predicted octanol–water partition coefficient (Wildman–Crippen LogP) is 1.87. The fraction of sp³-hybridized carbons (Fsp3) is 0.364. The zero-order valence-corrected chi connectivity index (χ0v) is 9.20. The molecular weight excluding hydrogens is 192 g/mol. The molecule has 0 atom stereocenters. The van der Waals surface area contributed by atoms with E-state index in [2.05, 4.69) is 5.32 Å². The Labute approximate surface area is 89.4 Å². The first-order chi connectivity index (χ1) is 7.04. The summed E-state index contributed by atoms with van der Waals surface area (Å²) in [5.41, 5.74) is 6.90. The highest BCUT2D eigenvalue weighted by molar-refractivity contribution is 5.92. The second-order valence-electron chi connectivity index (χ2n) is 3.60. The molecule has 0 aromatic heterocycles. The van der Waals surface area contributed by atoms with Gasteiger partial charge in [-0.05, 0) is 12.1 Å². The van der Waals surface area contributed by atoms with E-state index in [1.807, 2.05) is 13.8 Å². The van der Waals surface area contributed by atoms with Gasteiger partial charge in [0.2, 0.25) is 5.91 Å². The highest BCUT2D eigenvalue weighted by Crippen LogP contribution is 2.25. The number of amides is 1. The molecule has 0 spiro atoms. The standard InChI is InChI=1S/C11H16N2O2/c1-7(2)11(14)13-8-4-5-9(12)10(6-8)15-3/h4-7H,12H2,1-3H3,(H,13,14). The Balaban J connectivity index is 2.83. The highest BCUT2D eigenvalue weighted by Gasteiger charge is 2.08. The van der Waals surface area contributed by atoms with Gasteiger partial charge in [0.1, 0.15) is 5.75 Å². The van der Waals surface area contributed by atoms with Crippen molar-refractivity contribution in [2.75, 3.05) is 18.2 Å². The molecule has 15 heavy (non-hydrogen) atoms. The summed E-state index contributed by atoms with van der Waals surface area (Å²) in [4.78, 5) is 11.4. The van der Waals surface area contributed by atoms with E-state index >= 15 is 0 Å². The Morgan fingerprint density at radius 2 is 2.13 bits per heavy atom. The molecule has 3 N–H and O–H groups in total. The molecule has 4 nitrogen and oxygen atoms in total. The maximum Gasteiger partial charge on any atom is 0.226 e. The molecule has 0 saturated heterocycles. The smallest absolute Gasteiger partial charge is 0.226 e. The number of nitrogens with two attached hydrogens (primary N) is 1. The van der Waals surface area contributed by atoms with Gasteiger partial charge in [-0.25, -0.2) is 0 Å². The SMILES string of the molecule is COc1cc(NC(=O)C(C)C)ccc1N. The van der Waals surface area contributed by atoms with Crippen molar-refractivity contribution in [1.29, 1.82) is 0 Å². The lowest BCUT2D eigenvalue weighted by Crippen LogP contribution is -2.17. The largest absolute Gasteiger partial charge is 0.495 e. The third kappa shape index (κ3) is 2.87. The van der Waals surface area contributed by atoms with Crippen LogP contribution in [0, 0.1) is 5.92 Å². The number of anilines is 2. The highest BCUT2D eigenvalue weighted by atomic mass is 16.5. The second-order valence-corrected chi connectivity index (χ2v) is 3.60. The molecule has 0 aliphatic rings. The quantitative estimate of drug-likeness (QED) is 0.745. The van der Waals surface area contributed by atoms with Gasteiger partial charge < -0.3 is 15.8 Å². The summed E-state index contributed by atoms with van der Waals surface area (Å²) >= 11 is 0. The topological polar surface area (TPSA) is 64.3 Å². The van der Waals surface area contributed by atoms with Crippen LogP contribution in [0.15, 0.2) is 18.2 Å². The van der Waals surface area contributed by atoms with Gasteiger partial charge in [-0.1, -0.05) is 13.8 Å². The molecule has 0 bridgehead atoms. The van der Waals surface area contributed by atoms with Gasteiger partial charge in [-0.2, -0.15) is 0 Å². The van der Waals surface area contributed by atoms with Crippen LogP contribution < -0.4 is 15.8 Å². The van der Waals surface area contributed by atoms with Gasteiger partial charge in [0, 0.05) is 17.7 Å². The maximum atomic E-state index is 11.4. The van der Waals surface area contributed by atoms with Crippen molar-refractivity contribution in [2.45, 2.75) is 13.8 Å². The minimum atomic E-state index is -0.0476. The Morgan fingerprint density at radius 3 is 2.67 bits per heavy atom. The van der Waals surface area contributed by atoms with Crippen LogP contribution >= 0.6 is 0 Å². The molecule has 0 unspecified atom stereocenters. The van der Waals surface area contributed by atoms with Gasteiger partial charge in [0.15, 0.2) is 0 Å². The average Bonchev–Trinajstić information content (AvgIpc) is 2.20. The molecular formula is C11H16N2O2. The number of ether oxygens (including phenoxy) is 1. The third-order valence-electron chi connectivity index (χ3n) is 2.03. The molecule has 0 saturated carbocycles. The first-order valence-corrected chi connectivity index (χ1v) is 4.79. The summed E-state index contributed by atoms with van der Waals surface area (Å²) in [6.45, 7) is 3.67. The predicted molar refractivity (Wildman–Crippen MR) is 60.9 cm³/mol. The van der Waals surface area contributed by atoms with Crippen molar-refractivity contribution in [3.63, 3.8) is 0 Å². The summed E-state index contributed by atoms with van der Waals surface area (Å²) in [5.74, 6) is 0.493. The van der Waals surface area contributed by atoms with E-state index in [9.17, 15) is 4.79 Å². The summed E-state index contributed by atoms with van der Waals surface area (Å²) < 4.78 is 5.05. The molecule has 1 amide bonds. The number of hydrogen-bond donors (Lipinski definition) is 2. The maximum absolute atomic E-state index is 11.4. The van der Waals surface area contributed by atoms with Crippen LogP contribution in [0.25, 0.3) is 0 Å².